The maximum Gasteiger partial charge on any atom is 0.209 e. The number of rotatable bonds is 9. The molecule has 1 aromatic rings. The summed E-state index contributed by atoms with van der Waals surface area (Å²) in [6.07, 6.45) is 6.16. The van der Waals surface area contributed by atoms with Crippen LogP contribution in [0.1, 0.15) is 57.6 Å². The van der Waals surface area contributed by atoms with Crippen molar-refractivity contribution in [1.29, 1.82) is 0 Å². The van der Waals surface area contributed by atoms with E-state index in [0.29, 0.717) is 31.7 Å². The van der Waals surface area contributed by atoms with Gasteiger partial charge in [-0.05, 0) is 65.0 Å². The molecular formula is C21H36N4O3S. The fourth-order valence-corrected chi connectivity index (χ4v) is 4.51. The molecule has 0 atom stereocenters. The highest BCUT2D eigenvalue weighted by Crippen LogP contribution is 2.28. The molecule has 0 saturated heterocycles. The molecule has 0 aliphatic heterocycles. The van der Waals surface area contributed by atoms with Crippen LogP contribution in [0.4, 0.5) is 0 Å². The first-order valence-corrected chi connectivity index (χ1v) is 12.2. The van der Waals surface area contributed by atoms with Gasteiger partial charge in [-0.25, -0.2) is 18.1 Å². The van der Waals surface area contributed by atoms with Gasteiger partial charge in [0.1, 0.15) is 5.75 Å². The molecular weight excluding hydrogens is 388 g/mol. The molecule has 0 unspecified atom stereocenters. The number of nitrogens with one attached hydrogen (secondary N) is 3. The third kappa shape index (κ3) is 8.62. The van der Waals surface area contributed by atoms with Crippen LogP contribution >= 0.6 is 0 Å². The number of benzene rings is 1. The molecule has 8 heteroatoms. The Bertz CT molecular complexity index is 800. The number of aliphatic imine (C=N–C) groups is 1. The van der Waals surface area contributed by atoms with Crippen LogP contribution in [-0.4, -0.2) is 45.4 Å². The normalized spacial score (nSPS) is 16.1. The quantitative estimate of drug-likeness (QED) is 0.419. The van der Waals surface area contributed by atoms with Crippen LogP contribution < -0.4 is 20.1 Å². The van der Waals surface area contributed by atoms with E-state index in [2.05, 4.69) is 45.5 Å². The van der Waals surface area contributed by atoms with Crippen LogP contribution in [0.15, 0.2) is 23.2 Å². The standard InChI is InChI=1S/C21H36N4O3S/c1-6-22-20(24-15-21(3,4)25-29(5,26)27)23-14-17-12-11-16(2)13-19(17)28-18-9-7-8-10-18/h11-13,18,25H,6-10,14-15H2,1-5H3,(H2,22,23,24). The molecule has 1 fully saturated rings. The highest BCUT2D eigenvalue weighted by Gasteiger charge is 2.22. The van der Waals surface area contributed by atoms with Crippen LogP contribution in [0.25, 0.3) is 0 Å². The largest absolute Gasteiger partial charge is 0.490 e. The maximum atomic E-state index is 11.5. The summed E-state index contributed by atoms with van der Waals surface area (Å²) in [7, 11) is -3.29. The zero-order valence-electron chi connectivity index (χ0n) is 18.3. The van der Waals surface area contributed by atoms with Crippen molar-refractivity contribution in [1.82, 2.24) is 15.4 Å². The second-order valence-corrected chi connectivity index (χ2v) is 10.2. The fraction of sp³-hybridized carbons (Fsp3) is 0.667. The maximum absolute atomic E-state index is 11.5. The number of sulfonamides is 1. The van der Waals surface area contributed by atoms with Gasteiger partial charge < -0.3 is 15.4 Å². The van der Waals surface area contributed by atoms with Gasteiger partial charge in [-0.1, -0.05) is 12.1 Å². The highest BCUT2D eigenvalue weighted by atomic mass is 32.2. The van der Waals surface area contributed by atoms with Crippen LogP contribution in [-0.2, 0) is 16.6 Å². The molecule has 1 aliphatic carbocycles. The van der Waals surface area contributed by atoms with Gasteiger partial charge in [0.15, 0.2) is 5.96 Å². The number of guanidine groups is 1. The molecule has 7 nitrogen and oxygen atoms in total. The third-order valence-electron chi connectivity index (χ3n) is 4.73. The van der Waals surface area contributed by atoms with E-state index in [1.54, 1.807) is 0 Å². The average Bonchev–Trinajstić information content (AvgIpc) is 3.09. The molecule has 0 radical (unpaired) electrons. The van der Waals surface area contributed by atoms with Crippen molar-refractivity contribution < 1.29 is 13.2 Å². The zero-order chi connectivity index (χ0) is 21.5. The Hall–Kier alpha value is -1.80. The molecule has 3 N–H and O–H groups in total. The molecule has 0 bridgehead atoms. The van der Waals surface area contributed by atoms with Crippen LogP contribution in [0, 0.1) is 6.92 Å². The first kappa shape index (κ1) is 23.5. The predicted molar refractivity (Wildman–Crippen MR) is 119 cm³/mol. The molecule has 1 aromatic carbocycles. The molecule has 0 amide bonds. The minimum Gasteiger partial charge on any atom is -0.490 e. The number of nitrogens with zero attached hydrogens (tertiary/aromatic N) is 1. The summed E-state index contributed by atoms with van der Waals surface area (Å²) in [6.45, 7) is 9.33. The Morgan fingerprint density at radius 2 is 1.93 bits per heavy atom. The monoisotopic (exact) mass is 424 g/mol. The summed E-state index contributed by atoms with van der Waals surface area (Å²) in [4.78, 5) is 4.69. The molecule has 0 heterocycles. The van der Waals surface area contributed by atoms with E-state index in [-0.39, 0.29) is 0 Å². The fourth-order valence-electron chi connectivity index (χ4n) is 3.44. The van der Waals surface area contributed by atoms with Gasteiger partial charge in [-0.15, -0.1) is 0 Å². The Kier molecular flexibility index (Phi) is 8.34. The van der Waals surface area contributed by atoms with E-state index in [1.165, 1.54) is 18.4 Å². The van der Waals surface area contributed by atoms with Crippen molar-refractivity contribution in [2.75, 3.05) is 19.3 Å². The number of ether oxygens (including phenoxy) is 1. The number of aryl methyl sites for hydroxylation is 1. The van der Waals surface area contributed by atoms with Gasteiger partial charge in [0.2, 0.25) is 10.0 Å². The van der Waals surface area contributed by atoms with Crippen LogP contribution in [0.2, 0.25) is 0 Å². The van der Waals surface area contributed by atoms with E-state index >= 15 is 0 Å². The van der Waals surface area contributed by atoms with Crippen molar-refractivity contribution in [3.63, 3.8) is 0 Å². The van der Waals surface area contributed by atoms with Crippen molar-refractivity contribution in [2.24, 2.45) is 4.99 Å². The van der Waals surface area contributed by atoms with Gasteiger partial charge in [0.05, 0.1) is 18.9 Å². The molecule has 164 valence electrons. The van der Waals surface area contributed by atoms with Crippen molar-refractivity contribution >= 4 is 16.0 Å². The summed E-state index contributed by atoms with van der Waals surface area (Å²) < 4.78 is 32.0. The summed E-state index contributed by atoms with van der Waals surface area (Å²) in [6, 6.07) is 6.23. The van der Waals surface area contributed by atoms with E-state index in [0.717, 1.165) is 30.4 Å². The first-order valence-electron chi connectivity index (χ1n) is 10.4. The lowest BCUT2D eigenvalue weighted by atomic mass is 10.1. The number of hydrogen-bond donors (Lipinski definition) is 3. The predicted octanol–water partition coefficient (Wildman–Crippen LogP) is 2.70. The molecule has 0 aromatic heterocycles. The second kappa shape index (κ2) is 10.3. The molecule has 0 spiro atoms. The lowest BCUT2D eigenvalue weighted by Gasteiger charge is -2.26. The third-order valence-corrected chi connectivity index (χ3v) is 5.65. The van der Waals surface area contributed by atoms with E-state index < -0.39 is 15.6 Å². The zero-order valence-corrected chi connectivity index (χ0v) is 19.2. The summed E-state index contributed by atoms with van der Waals surface area (Å²) >= 11 is 0. The van der Waals surface area contributed by atoms with Crippen LogP contribution in [0.5, 0.6) is 5.75 Å². The Morgan fingerprint density at radius 1 is 1.24 bits per heavy atom. The van der Waals surface area contributed by atoms with Gasteiger partial charge in [0.25, 0.3) is 0 Å². The number of hydrogen-bond acceptors (Lipinski definition) is 4. The topological polar surface area (TPSA) is 91.8 Å². The van der Waals surface area contributed by atoms with E-state index in [1.807, 2.05) is 20.8 Å². The summed E-state index contributed by atoms with van der Waals surface area (Å²) in [5.74, 6) is 1.55. The van der Waals surface area contributed by atoms with Gasteiger partial charge in [-0.2, -0.15) is 0 Å². The highest BCUT2D eigenvalue weighted by molar-refractivity contribution is 7.88. The van der Waals surface area contributed by atoms with Crippen LogP contribution in [0.3, 0.4) is 0 Å². The Labute approximate surface area is 175 Å². The summed E-state index contributed by atoms with van der Waals surface area (Å²) in [5, 5.41) is 6.44. The van der Waals surface area contributed by atoms with E-state index in [9.17, 15) is 8.42 Å². The molecule has 2 rings (SSSR count). The van der Waals surface area contributed by atoms with Gasteiger partial charge in [-0.3, -0.25) is 0 Å². The Balaban J connectivity index is 2.07. The van der Waals surface area contributed by atoms with Crippen molar-refractivity contribution in [3.05, 3.63) is 29.3 Å². The van der Waals surface area contributed by atoms with Crippen molar-refractivity contribution in [2.45, 2.75) is 71.6 Å². The molecule has 1 aliphatic rings. The second-order valence-electron chi connectivity index (χ2n) is 8.44. The minimum absolute atomic E-state index is 0.300. The average molecular weight is 425 g/mol. The van der Waals surface area contributed by atoms with Gasteiger partial charge in [0, 0.05) is 24.2 Å². The SMILES string of the molecule is CCNC(=NCc1ccc(C)cc1OC1CCCC1)NCC(C)(C)NS(C)(=O)=O. The smallest absolute Gasteiger partial charge is 0.209 e. The van der Waals surface area contributed by atoms with Crippen molar-refractivity contribution in [3.8, 4) is 5.75 Å². The van der Waals surface area contributed by atoms with E-state index in [4.69, 9.17) is 4.74 Å². The minimum atomic E-state index is -3.29. The summed E-state index contributed by atoms with van der Waals surface area (Å²) in [5.41, 5.74) is 1.59. The lowest BCUT2D eigenvalue weighted by Crippen LogP contribution is -2.53. The lowest BCUT2D eigenvalue weighted by molar-refractivity contribution is 0.208. The van der Waals surface area contributed by atoms with Gasteiger partial charge >= 0.3 is 0 Å². The first-order chi connectivity index (χ1) is 13.6. The molecule has 1 saturated carbocycles. The molecule has 29 heavy (non-hydrogen) atoms. The Morgan fingerprint density at radius 3 is 2.55 bits per heavy atom.